The van der Waals surface area contributed by atoms with Crippen LogP contribution in [0.1, 0.15) is 51.8 Å². The highest BCUT2D eigenvalue weighted by Crippen LogP contribution is 2.22. The number of hydrogen-bond donors (Lipinski definition) is 3. The Morgan fingerprint density at radius 3 is 1.07 bits per heavy atom. The fourth-order valence-electron chi connectivity index (χ4n) is 3.96. The second-order valence-corrected chi connectivity index (χ2v) is 9.52. The monoisotopic (exact) mass is 609 g/mol. The normalized spacial score (nSPS) is 10.2. The van der Waals surface area contributed by atoms with Crippen molar-refractivity contribution in [1.29, 1.82) is 0 Å². The van der Waals surface area contributed by atoms with E-state index >= 15 is 0 Å². The van der Waals surface area contributed by atoms with Crippen LogP contribution in [0.15, 0.2) is 91.0 Å². The zero-order valence-corrected chi connectivity index (χ0v) is 24.3. The molecule has 0 aliphatic carbocycles. The summed E-state index contributed by atoms with van der Waals surface area (Å²) in [5.74, 6) is -2.34. The van der Waals surface area contributed by atoms with Gasteiger partial charge >= 0.3 is 17.9 Å². The maximum atomic E-state index is 13.2. The van der Waals surface area contributed by atoms with Crippen LogP contribution >= 0.6 is 0 Å². The Labute approximate surface area is 257 Å². The summed E-state index contributed by atoms with van der Waals surface area (Å²) in [6.45, 7) is 3.80. The van der Waals surface area contributed by atoms with Crippen LogP contribution in [0.25, 0.3) is 0 Å². The smallest absolute Gasteiger partial charge is 0.308 e. The van der Waals surface area contributed by atoms with Crippen molar-refractivity contribution < 1.29 is 43.0 Å². The molecule has 0 bridgehead atoms. The van der Waals surface area contributed by atoms with Gasteiger partial charge in [0.15, 0.2) is 0 Å². The third-order valence-electron chi connectivity index (χ3n) is 5.84. The predicted octanol–water partition coefficient (Wildman–Crippen LogP) is 5.22. The predicted molar refractivity (Wildman–Crippen MR) is 164 cm³/mol. The fraction of sp³-hybridized carbons (Fsp3) is 0.0909. The third-order valence-corrected chi connectivity index (χ3v) is 5.84. The second kappa shape index (κ2) is 14.2. The molecule has 0 aromatic heterocycles. The molecule has 4 aromatic carbocycles. The summed E-state index contributed by atoms with van der Waals surface area (Å²) >= 11 is 0. The van der Waals surface area contributed by atoms with Gasteiger partial charge in [0.05, 0.1) is 0 Å². The SMILES string of the molecule is CC(=O)Oc1ccc(NC(=O)c2cc(NC(=O)c3ccc(OC(C)=O)cc3)cc(C(=O)Nc3ccc(OC(C)=O)cc3)c2)cc1. The minimum absolute atomic E-state index is 0.0532. The Balaban J connectivity index is 1.58. The van der Waals surface area contributed by atoms with Crippen LogP contribution < -0.4 is 30.2 Å². The molecule has 4 aromatic rings. The van der Waals surface area contributed by atoms with E-state index < -0.39 is 35.6 Å². The summed E-state index contributed by atoms with van der Waals surface area (Å²) in [6, 6.07) is 22.2. The summed E-state index contributed by atoms with van der Waals surface area (Å²) in [5, 5.41) is 8.09. The van der Waals surface area contributed by atoms with Gasteiger partial charge in [0.2, 0.25) is 0 Å². The number of ether oxygens (including phenoxy) is 3. The summed E-state index contributed by atoms with van der Waals surface area (Å²) in [7, 11) is 0. The first-order valence-corrected chi connectivity index (χ1v) is 13.4. The molecule has 12 heteroatoms. The van der Waals surface area contributed by atoms with E-state index in [1.165, 1.54) is 112 Å². The molecule has 3 N–H and O–H groups in total. The van der Waals surface area contributed by atoms with E-state index in [0.29, 0.717) is 22.9 Å². The second-order valence-electron chi connectivity index (χ2n) is 9.52. The molecule has 4 rings (SSSR count). The Kier molecular flexibility index (Phi) is 10.0. The number of amides is 3. The van der Waals surface area contributed by atoms with Gasteiger partial charge in [-0.05, 0) is 91.0 Å². The molecule has 0 saturated carbocycles. The van der Waals surface area contributed by atoms with E-state index in [-0.39, 0.29) is 28.1 Å². The number of benzene rings is 4. The number of carbonyl (C=O) groups is 6. The van der Waals surface area contributed by atoms with Gasteiger partial charge in [0.1, 0.15) is 17.2 Å². The zero-order chi connectivity index (χ0) is 32.5. The van der Waals surface area contributed by atoms with Crippen LogP contribution in [-0.4, -0.2) is 35.6 Å². The van der Waals surface area contributed by atoms with Crippen molar-refractivity contribution in [1.82, 2.24) is 0 Å². The van der Waals surface area contributed by atoms with Gasteiger partial charge < -0.3 is 30.2 Å². The van der Waals surface area contributed by atoms with Crippen molar-refractivity contribution in [2.45, 2.75) is 20.8 Å². The standard InChI is InChI=1S/C33H27N3O9/c1-19(37)43-28-10-4-22(5-11-28)31(40)36-27-17-23(32(41)34-25-6-12-29(13-7-25)44-20(2)38)16-24(18-27)33(42)35-26-8-14-30(15-9-26)45-21(3)39/h4-18H,1-3H3,(H,34,41)(H,35,42)(H,36,40). The highest BCUT2D eigenvalue weighted by Gasteiger charge is 2.16. The van der Waals surface area contributed by atoms with Crippen molar-refractivity contribution in [3.8, 4) is 17.2 Å². The van der Waals surface area contributed by atoms with Gasteiger partial charge in [-0.3, -0.25) is 28.8 Å². The molecule has 0 aliphatic heterocycles. The molecule has 0 radical (unpaired) electrons. The molecule has 0 aliphatic rings. The molecule has 0 saturated heterocycles. The average molecular weight is 610 g/mol. The van der Waals surface area contributed by atoms with Gasteiger partial charge in [-0.2, -0.15) is 0 Å². The molecule has 12 nitrogen and oxygen atoms in total. The molecule has 0 fully saturated rings. The number of rotatable bonds is 9. The molecule has 0 spiro atoms. The maximum Gasteiger partial charge on any atom is 0.308 e. The van der Waals surface area contributed by atoms with Crippen LogP contribution in [0.2, 0.25) is 0 Å². The highest BCUT2D eigenvalue weighted by atomic mass is 16.5. The van der Waals surface area contributed by atoms with Crippen LogP contribution in [-0.2, 0) is 14.4 Å². The molecule has 0 heterocycles. The van der Waals surface area contributed by atoms with Crippen molar-refractivity contribution in [2.24, 2.45) is 0 Å². The number of nitrogens with one attached hydrogen (secondary N) is 3. The van der Waals surface area contributed by atoms with Crippen LogP contribution in [0, 0.1) is 0 Å². The van der Waals surface area contributed by atoms with E-state index in [4.69, 9.17) is 14.2 Å². The van der Waals surface area contributed by atoms with Crippen LogP contribution in [0.5, 0.6) is 17.2 Å². The van der Waals surface area contributed by atoms with Gasteiger partial charge in [0, 0.05) is 54.5 Å². The molecule has 45 heavy (non-hydrogen) atoms. The molecule has 3 amide bonds. The Morgan fingerprint density at radius 2 is 0.711 bits per heavy atom. The van der Waals surface area contributed by atoms with E-state index in [1.807, 2.05) is 0 Å². The van der Waals surface area contributed by atoms with E-state index in [9.17, 15) is 28.8 Å². The molecule has 0 unspecified atom stereocenters. The topological polar surface area (TPSA) is 166 Å². The van der Waals surface area contributed by atoms with E-state index in [2.05, 4.69) is 16.0 Å². The van der Waals surface area contributed by atoms with Gasteiger partial charge in [-0.25, -0.2) is 0 Å². The van der Waals surface area contributed by atoms with Crippen molar-refractivity contribution in [2.75, 3.05) is 16.0 Å². The Hall–Kier alpha value is -6.30. The molecule has 228 valence electrons. The lowest BCUT2D eigenvalue weighted by molar-refractivity contribution is -0.132. The first-order valence-electron chi connectivity index (χ1n) is 13.4. The van der Waals surface area contributed by atoms with Crippen LogP contribution in [0.4, 0.5) is 17.1 Å². The van der Waals surface area contributed by atoms with Crippen LogP contribution in [0.3, 0.4) is 0 Å². The Morgan fingerprint density at radius 1 is 0.400 bits per heavy atom. The summed E-state index contributed by atoms with van der Waals surface area (Å²) in [6.07, 6.45) is 0. The summed E-state index contributed by atoms with van der Waals surface area (Å²) < 4.78 is 15.0. The van der Waals surface area contributed by atoms with Crippen molar-refractivity contribution >= 4 is 52.7 Å². The fourth-order valence-corrected chi connectivity index (χ4v) is 3.96. The minimum Gasteiger partial charge on any atom is -0.427 e. The minimum atomic E-state index is -0.586. The van der Waals surface area contributed by atoms with E-state index in [0.717, 1.165) is 0 Å². The first kappa shape index (κ1) is 31.6. The molecular formula is C33H27N3O9. The van der Waals surface area contributed by atoms with Crippen molar-refractivity contribution in [3.05, 3.63) is 108 Å². The highest BCUT2D eigenvalue weighted by molar-refractivity contribution is 6.11. The number of carbonyl (C=O) groups excluding carboxylic acids is 6. The van der Waals surface area contributed by atoms with Gasteiger partial charge in [-0.1, -0.05) is 0 Å². The quantitative estimate of drug-likeness (QED) is 0.170. The zero-order valence-electron chi connectivity index (χ0n) is 24.3. The largest absolute Gasteiger partial charge is 0.427 e. The maximum absolute atomic E-state index is 13.2. The summed E-state index contributed by atoms with van der Waals surface area (Å²) in [5.41, 5.74) is 1.26. The molecular weight excluding hydrogens is 582 g/mol. The number of anilines is 3. The third kappa shape index (κ3) is 9.35. The molecule has 0 atom stereocenters. The van der Waals surface area contributed by atoms with E-state index in [1.54, 1.807) is 0 Å². The van der Waals surface area contributed by atoms with Crippen molar-refractivity contribution in [3.63, 3.8) is 0 Å². The average Bonchev–Trinajstić information content (AvgIpc) is 2.98. The lowest BCUT2D eigenvalue weighted by atomic mass is 10.1. The number of hydrogen-bond acceptors (Lipinski definition) is 9. The lowest BCUT2D eigenvalue weighted by Gasteiger charge is -2.13. The first-order chi connectivity index (χ1) is 21.4. The Bertz CT molecular complexity index is 1670. The lowest BCUT2D eigenvalue weighted by Crippen LogP contribution is -2.18. The number of esters is 3. The summed E-state index contributed by atoms with van der Waals surface area (Å²) in [4.78, 5) is 73.0. The van der Waals surface area contributed by atoms with Gasteiger partial charge in [0.25, 0.3) is 17.7 Å². The van der Waals surface area contributed by atoms with Gasteiger partial charge in [-0.15, -0.1) is 0 Å².